The van der Waals surface area contributed by atoms with Crippen molar-refractivity contribution in [3.63, 3.8) is 0 Å². The van der Waals surface area contributed by atoms with E-state index in [4.69, 9.17) is 4.42 Å². The Labute approximate surface area is 70.3 Å². The second-order valence-corrected chi connectivity index (χ2v) is 3.08. The normalized spacial score (nSPS) is 14.0. The summed E-state index contributed by atoms with van der Waals surface area (Å²) in [4.78, 5) is 0. The van der Waals surface area contributed by atoms with E-state index in [1.165, 1.54) is 16.5 Å². The number of benzene rings is 1. The first-order valence-corrected chi connectivity index (χ1v) is 4.11. The monoisotopic (exact) mass is 156 g/mol. The molecule has 0 atom stereocenters. The molecule has 0 N–H and O–H groups in total. The molecule has 0 aliphatic heterocycles. The van der Waals surface area contributed by atoms with Gasteiger partial charge in [-0.1, -0.05) is 18.2 Å². The Morgan fingerprint density at radius 2 is 2.17 bits per heavy atom. The quantitative estimate of drug-likeness (QED) is 0.571. The van der Waals surface area contributed by atoms with Gasteiger partial charge in [-0.15, -0.1) is 0 Å². The third kappa shape index (κ3) is 0.632. The highest BCUT2D eigenvalue weighted by Crippen LogP contribution is 2.28. The SMILES string of the molecule is C1=Cc2c(ccc3occc23)C1. The summed E-state index contributed by atoms with van der Waals surface area (Å²) >= 11 is 0. The van der Waals surface area contributed by atoms with Gasteiger partial charge in [-0.2, -0.15) is 0 Å². The van der Waals surface area contributed by atoms with E-state index in [-0.39, 0.29) is 0 Å². The Hall–Kier alpha value is -1.50. The fourth-order valence-electron chi connectivity index (χ4n) is 1.79. The van der Waals surface area contributed by atoms with Gasteiger partial charge in [0, 0.05) is 5.39 Å². The van der Waals surface area contributed by atoms with E-state index in [2.05, 4.69) is 18.2 Å². The van der Waals surface area contributed by atoms with Crippen LogP contribution in [0.25, 0.3) is 17.0 Å². The Bertz CT molecular complexity index is 463. The van der Waals surface area contributed by atoms with E-state index < -0.39 is 0 Å². The standard InChI is InChI=1S/C11H8O/c1-2-8-4-5-11-10(6-7-12-11)9(8)3-1/h1,3-7H,2H2. The molecule has 0 unspecified atom stereocenters. The number of allylic oxidation sites excluding steroid dienone is 1. The fourth-order valence-corrected chi connectivity index (χ4v) is 1.79. The van der Waals surface area contributed by atoms with Gasteiger partial charge in [0.05, 0.1) is 6.26 Å². The third-order valence-corrected chi connectivity index (χ3v) is 2.39. The Morgan fingerprint density at radius 1 is 1.17 bits per heavy atom. The number of furan rings is 1. The molecule has 2 aromatic rings. The van der Waals surface area contributed by atoms with Crippen LogP contribution in [0.1, 0.15) is 11.1 Å². The molecule has 1 heteroatoms. The summed E-state index contributed by atoms with van der Waals surface area (Å²) in [6.45, 7) is 0. The first kappa shape index (κ1) is 6.06. The molecular weight excluding hydrogens is 148 g/mol. The van der Waals surface area contributed by atoms with Crippen LogP contribution in [0.5, 0.6) is 0 Å². The zero-order chi connectivity index (χ0) is 7.97. The molecule has 0 saturated carbocycles. The topological polar surface area (TPSA) is 13.1 Å². The summed E-state index contributed by atoms with van der Waals surface area (Å²) in [6, 6.07) is 6.21. The minimum Gasteiger partial charge on any atom is -0.464 e. The van der Waals surface area contributed by atoms with Gasteiger partial charge in [-0.3, -0.25) is 0 Å². The maximum atomic E-state index is 5.31. The minimum absolute atomic E-state index is 0.986. The second-order valence-electron chi connectivity index (χ2n) is 3.08. The molecule has 0 fully saturated rings. The maximum absolute atomic E-state index is 5.31. The molecule has 0 saturated heterocycles. The highest BCUT2D eigenvalue weighted by molar-refractivity contribution is 5.90. The van der Waals surface area contributed by atoms with E-state index in [1.807, 2.05) is 12.1 Å². The molecule has 1 nitrogen and oxygen atoms in total. The van der Waals surface area contributed by atoms with E-state index in [0.717, 1.165) is 12.0 Å². The minimum atomic E-state index is 0.986. The number of hydrogen-bond acceptors (Lipinski definition) is 1. The highest BCUT2D eigenvalue weighted by Gasteiger charge is 2.09. The summed E-state index contributed by atoms with van der Waals surface area (Å²) in [5, 5.41) is 1.24. The zero-order valence-corrected chi connectivity index (χ0v) is 6.58. The molecule has 1 heterocycles. The van der Waals surface area contributed by atoms with Gasteiger partial charge in [0.1, 0.15) is 5.58 Å². The van der Waals surface area contributed by atoms with Gasteiger partial charge in [0.15, 0.2) is 0 Å². The molecule has 0 bridgehead atoms. The van der Waals surface area contributed by atoms with Gasteiger partial charge < -0.3 is 4.42 Å². The van der Waals surface area contributed by atoms with Crippen LogP contribution in [0.2, 0.25) is 0 Å². The predicted octanol–water partition coefficient (Wildman–Crippen LogP) is 3.00. The second kappa shape index (κ2) is 2.01. The van der Waals surface area contributed by atoms with E-state index >= 15 is 0 Å². The summed E-state index contributed by atoms with van der Waals surface area (Å²) < 4.78 is 5.31. The fraction of sp³-hybridized carbons (Fsp3) is 0.0909. The van der Waals surface area contributed by atoms with Crippen LogP contribution in [-0.2, 0) is 6.42 Å². The van der Waals surface area contributed by atoms with Crippen LogP contribution < -0.4 is 0 Å². The van der Waals surface area contributed by atoms with Crippen molar-refractivity contribution in [3.05, 3.63) is 41.7 Å². The number of rotatable bonds is 0. The lowest BCUT2D eigenvalue weighted by Crippen LogP contribution is -1.80. The van der Waals surface area contributed by atoms with Crippen LogP contribution in [0.15, 0.2) is 35.0 Å². The Morgan fingerprint density at radius 3 is 3.17 bits per heavy atom. The van der Waals surface area contributed by atoms with E-state index in [1.54, 1.807) is 6.26 Å². The van der Waals surface area contributed by atoms with Crippen LogP contribution >= 0.6 is 0 Å². The van der Waals surface area contributed by atoms with Crippen molar-refractivity contribution in [1.29, 1.82) is 0 Å². The highest BCUT2D eigenvalue weighted by atomic mass is 16.3. The lowest BCUT2D eigenvalue weighted by atomic mass is 10.1. The molecule has 58 valence electrons. The van der Waals surface area contributed by atoms with Gasteiger partial charge in [0.25, 0.3) is 0 Å². The lowest BCUT2D eigenvalue weighted by molar-refractivity contribution is 0.616. The molecule has 1 aromatic carbocycles. The van der Waals surface area contributed by atoms with Crippen LogP contribution in [-0.4, -0.2) is 0 Å². The van der Waals surface area contributed by atoms with Crippen LogP contribution in [0, 0.1) is 0 Å². The zero-order valence-electron chi connectivity index (χ0n) is 6.58. The van der Waals surface area contributed by atoms with E-state index in [9.17, 15) is 0 Å². The van der Waals surface area contributed by atoms with Gasteiger partial charge >= 0.3 is 0 Å². The van der Waals surface area contributed by atoms with Gasteiger partial charge in [-0.05, 0) is 29.7 Å². The van der Waals surface area contributed by atoms with Crippen molar-refractivity contribution in [3.8, 4) is 0 Å². The van der Waals surface area contributed by atoms with Gasteiger partial charge in [0.2, 0.25) is 0 Å². The van der Waals surface area contributed by atoms with Crippen molar-refractivity contribution >= 4 is 17.0 Å². The maximum Gasteiger partial charge on any atom is 0.134 e. The molecule has 0 radical (unpaired) electrons. The van der Waals surface area contributed by atoms with E-state index in [0.29, 0.717) is 0 Å². The van der Waals surface area contributed by atoms with Crippen molar-refractivity contribution in [2.75, 3.05) is 0 Å². The summed E-state index contributed by atoms with van der Waals surface area (Å²) in [6.07, 6.45) is 7.18. The predicted molar refractivity (Wildman–Crippen MR) is 49.0 cm³/mol. The van der Waals surface area contributed by atoms with Crippen molar-refractivity contribution in [2.24, 2.45) is 0 Å². The average molecular weight is 156 g/mol. The Balaban J connectivity index is 2.52. The molecular formula is C11H8O. The lowest BCUT2D eigenvalue weighted by Gasteiger charge is -1.97. The van der Waals surface area contributed by atoms with Crippen LogP contribution in [0.4, 0.5) is 0 Å². The van der Waals surface area contributed by atoms with Gasteiger partial charge in [-0.25, -0.2) is 0 Å². The Kier molecular flexibility index (Phi) is 1.01. The molecule has 1 aliphatic rings. The molecule has 1 aliphatic carbocycles. The molecule has 1 aromatic heterocycles. The van der Waals surface area contributed by atoms with Crippen LogP contribution in [0.3, 0.4) is 0 Å². The van der Waals surface area contributed by atoms with Crippen molar-refractivity contribution < 1.29 is 4.42 Å². The first-order chi connectivity index (χ1) is 5.95. The summed E-state index contributed by atoms with van der Waals surface area (Å²) in [5.41, 5.74) is 3.73. The molecule has 0 amide bonds. The largest absolute Gasteiger partial charge is 0.464 e. The van der Waals surface area contributed by atoms with Crippen molar-refractivity contribution in [2.45, 2.75) is 6.42 Å². The third-order valence-electron chi connectivity index (χ3n) is 2.39. The van der Waals surface area contributed by atoms with Crippen molar-refractivity contribution in [1.82, 2.24) is 0 Å². The summed E-state index contributed by atoms with van der Waals surface area (Å²) in [5.74, 6) is 0. The number of fused-ring (bicyclic) bond motifs is 3. The number of hydrogen-bond donors (Lipinski definition) is 0. The molecule has 3 rings (SSSR count). The molecule has 0 spiro atoms. The first-order valence-electron chi connectivity index (χ1n) is 4.11. The average Bonchev–Trinajstić information content (AvgIpc) is 2.71. The molecule has 12 heavy (non-hydrogen) atoms. The smallest absolute Gasteiger partial charge is 0.134 e. The summed E-state index contributed by atoms with van der Waals surface area (Å²) in [7, 11) is 0.